The second-order valence-electron chi connectivity index (χ2n) is 7.76. The van der Waals surface area contributed by atoms with Crippen LogP contribution in [0.3, 0.4) is 0 Å². The van der Waals surface area contributed by atoms with E-state index < -0.39 is 10.2 Å². The molecule has 1 aliphatic carbocycles. The zero-order valence-corrected chi connectivity index (χ0v) is 17.7. The highest BCUT2D eigenvalue weighted by atomic mass is 35.5. The minimum absolute atomic E-state index is 0.0516. The molecule has 1 aliphatic heterocycles. The van der Waals surface area contributed by atoms with Gasteiger partial charge in [-0.2, -0.15) is 17.4 Å². The van der Waals surface area contributed by atoms with Crippen LogP contribution in [-0.4, -0.2) is 75.5 Å². The molecule has 0 aromatic carbocycles. The van der Waals surface area contributed by atoms with Crippen molar-refractivity contribution < 1.29 is 8.42 Å². The average molecular weight is 416 g/mol. The van der Waals surface area contributed by atoms with Crippen molar-refractivity contribution in [3.63, 3.8) is 0 Å². The molecule has 1 aromatic rings. The first-order chi connectivity index (χ1) is 12.8. The Hall–Kier alpha value is -0.930. The van der Waals surface area contributed by atoms with Crippen molar-refractivity contribution in [3.05, 3.63) is 23.4 Å². The summed E-state index contributed by atoms with van der Waals surface area (Å²) in [5, 5.41) is 0.661. The Labute approximate surface area is 167 Å². The smallest absolute Gasteiger partial charge is 0.279 e. The van der Waals surface area contributed by atoms with E-state index in [0.29, 0.717) is 10.9 Å². The third-order valence-corrected chi connectivity index (χ3v) is 7.32. The van der Waals surface area contributed by atoms with Crippen LogP contribution in [0, 0.1) is 5.92 Å². The molecule has 152 valence electrons. The van der Waals surface area contributed by atoms with Crippen molar-refractivity contribution >= 4 is 27.6 Å². The number of halogens is 1. The number of anilines is 1. The van der Waals surface area contributed by atoms with Crippen molar-refractivity contribution in [2.24, 2.45) is 5.92 Å². The second-order valence-corrected chi connectivity index (χ2v) is 10.1. The van der Waals surface area contributed by atoms with Crippen LogP contribution in [0.2, 0.25) is 5.02 Å². The fourth-order valence-electron chi connectivity index (χ4n) is 3.96. The highest BCUT2D eigenvalue weighted by Crippen LogP contribution is 2.26. The van der Waals surface area contributed by atoms with Crippen LogP contribution in [-0.2, 0) is 10.2 Å². The molecule has 7 nitrogen and oxygen atoms in total. The van der Waals surface area contributed by atoms with E-state index in [1.165, 1.54) is 10.7 Å². The van der Waals surface area contributed by atoms with Crippen LogP contribution < -0.4 is 9.62 Å². The maximum Gasteiger partial charge on any atom is 0.279 e. The minimum atomic E-state index is -3.35. The van der Waals surface area contributed by atoms with E-state index in [4.69, 9.17) is 11.6 Å². The largest absolute Gasteiger partial charge is 0.354 e. The third kappa shape index (κ3) is 5.77. The topological polar surface area (TPSA) is 68.8 Å². The van der Waals surface area contributed by atoms with Gasteiger partial charge < -0.3 is 4.90 Å². The third-order valence-electron chi connectivity index (χ3n) is 5.50. The highest BCUT2D eigenvalue weighted by Gasteiger charge is 2.28. The highest BCUT2D eigenvalue weighted by molar-refractivity contribution is 7.87. The normalized spacial score (nSPS) is 25.1. The van der Waals surface area contributed by atoms with Crippen molar-refractivity contribution in [3.8, 4) is 0 Å². The zero-order valence-electron chi connectivity index (χ0n) is 16.1. The molecular weight excluding hydrogens is 386 g/mol. The fourth-order valence-corrected chi connectivity index (χ4v) is 4.92. The van der Waals surface area contributed by atoms with Crippen molar-refractivity contribution in [1.29, 1.82) is 0 Å². The van der Waals surface area contributed by atoms with Gasteiger partial charge in [0.1, 0.15) is 5.82 Å². The molecule has 9 heteroatoms. The van der Waals surface area contributed by atoms with Crippen LogP contribution in [0.25, 0.3) is 0 Å². The van der Waals surface area contributed by atoms with Crippen LogP contribution in [0.5, 0.6) is 0 Å². The van der Waals surface area contributed by atoms with Gasteiger partial charge in [0, 0.05) is 59.1 Å². The van der Waals surface area contributed by atoms with Gasteiger partial charge in [0.15, 0.2) is 0 Å². The Morgan fingerprint density at radius 3 is 2.59 bits per heavy atom. The van der Waals surface area contributed by atoms with Gasteiger partial charge >= 0.3 is 0 Å². The molecule has 2 atom stereocenters. The summed E-state index contributed by atoms with van der Waals surface area (Å²) in [5.74, 6) is 1.53. The number of rotatable bonds is 6. The monoisotopic (exact) mass is 415 g/mol. The number of piperazine rings is 1. The molecule has 2 heterocycles. The minimum Gasteiger partial charge on any atom is -0.354 e. The molecule has 0 spiro atoms. The number of nitrogens with one attached hydrogen (secondary N) is 1. The van der Waals surface area contributed by atoms with E-state index >= 15 is 0 Å². The molecule has 1 saturated carbocycles. The van der Waals surface area contributed by atoms with E-state index in [0.717, 1.165) is 57.8 Å². The van der Waals surface area contributed by atoms with Crippen molar-refractivity contribution in [2.75, 3.05) is 51.7 Å². The quantitative estimate of drug-likeness (QED) is 0.767. The van der Waals surface area contributed by atoms with Crippen LogP contribution >= 0.6 is 11.6 Å². The molecule has 0 radical (unpaired) electrons. The summed E-state index contributed by atoms with van der Waals surface area (Å²) >= 11 is 5.92. The summed E-state index contributed by atoms with van der Waals surface area (Å²) in [6.07, 6.45) is 5.81. The maximum atomic E-state index is 12.1. The SMILES string of the molecule is CN(C)S(=O)(=O)N[C@@H]1CCC[C@@H](CN2CCN(c3ccc(Cl)cn3)CC2)C1. The molecule has 0 unspecified atom stereocenters. The van der Waals surface area contributed by atoms with Crippen molar-refractivity contribution in [2.45, 2.75) is 31.7 Å². The molecule has 3 rings (SSSR count). The summed E-state index contributed by atoms with van der Waals surface area (Å²) in [5.41, 5.74) is 0. The first kappa shape index (κ1) is 20.8. The van der Waals surface area contributed by atoms with Gasteiger partial charge in [-0.15, -0.1) is 0 Å². The Balaban J connectivity index is 1.46. The molecule has 1 N–H and O–H groups in total. The summed E-state index contributed by atoms with van der Waals surface area (Å²) < 4.78 is 28.2. The lowest BCUT2D eigenvalue weighted by Gasteiger charge is -2.39. The standard InChI is InChI=1S/C18H30ClN5O2S/c1-22(2)27(25,26)21-17-5-3-4-15(12-17)14-23-8-10-24(11-9-23)18-7-6-16(19)13-20-18/h6-7,13,15,17,21H,3-5,8-12,14H2,1-2H3/t15-,17-/m1/s1. The Bertz CT molecular complexity index is 705. The van der Waals surface area contributed by atoms with Crippen LogP contribution in [0.15, 0.2) is 18.3 Å². The lowest BCUT2D eigenvalue weighted by Crippen LogP contribution is -2.49. The fraction of sp³-hybridized carbons (Fsp3) is 0.722. The molecule has 2 aliphatic rings. The van der Waals surface area contributed by atoms with Gasteiger partial charge in [-0.25, -0.2) is 4.98 Å². The Morgan fingerprint density at radius 2 is 1.96 bits per heavy atom. The van der Waals surface area contributed by atoms with Gasteiger partial charge in [0.05, 0.1) is 5.02 Å². The zero-order chi connectivity index (χ0) is 19.4. The van der Waals surface area contributed by atoms with Crippen LogP contribution in [0.1, 0.15) is 25.7 Å². The van der Waals surface area contributed by atoms with E-state index in [2.05, 4.69) is 19.5 Å². The van der Waals surface area contributed by atoms with Crippen LogP contribution in [0.4, 0.5) is 5.82 Å². The molecule has 2 fully saturated rings. The number of aromatic nitrogens is 1. The summed E-state index contributed by atoms with van der Waals surface area (Å²) in [6.45, 7) is 4.97. The maximum absolute atomic E-state index is 12.1. The van der Waals surface area contributed by atoms with Gasteiger partial charge in [-0.3, -0.25) is 4.90 Å². The molecule has 27 heavy (non-hydrogen) atoms. The van der Waals surface area contributed by atoms with E-state index in [1.807, 2.05) is 12.1 Å². The predicted octanol–water partition coefficient (Wildman–Crippen LogP) is 1.81. The predicted molar refractivity (Wildman–Crippen MR) is 109 cm³/mol. The number of nitrogens with zero attached hydrogens (tertiary/aromatic N) is 4. The first-order valence-electron chi connectivity index (χ1n) is 9.62. The van der Waals surface area contributed by atoms with Gasteiger partial charge in [0.25, 0.3) is 10.2 Å². The van der Waals surface area contributed by atoms with Gasteiger partial charge in [-0.05, 0) is 37.3 Å². The molecular formula is C18H30ClN5O2S. The second kappa shape index (κ2) is 9.05. The number of pyridine rings is 1. The van der Waals surface area contributed by atoms with Gasteiger partial charge in [0.2, 0.25) is 0 Å². The molecule has 0 bridgehead atoms. The summed E-state index contributed by atoms with van der Waals surface area (Å²) in [4.78, 5) is 9.20. The molecule has 1 saturated heterocycles. The van der Waals surface area contributed by atoms with Crippen molar-refractivity contribution in [1.82, 2.24) is 18.9 Å². The molecule has 0 amide bonds. The lowest BCUT2D eigenvalue weighted by molar-refractivity contribution is 0.181. The number of hydrogen-bond donors (Lipinski definition) is 1. The average Bonchev–Trinajstić information content (AvgIpc) is 2.63. The van der Waals surface area contributed by atoms with E-state index in [9.17, 15) is 8.42 Å². The van der Waals surface area contributed by atoms with E-state index in [1.54, 1.807) is 20.3 Å². The Morgan fingerprint density at radius 1 is 1.22 bits per heavy atom. The van der Waals surface area contributed by atoms with E-state index in [-0.39, 0.29) is 6.04 Å². The Kier molecular flexibility index (Phi) is 6.97. The first-order valence-corrected chi connectivity index (χ1v) is 11.4. The van der Waals surface area contributed by atoms with Gasteiger partial charge in [-0.1, -0.05) is 18.0 Å². The summed E-state index contributed by atoms with van der Waals surface area (Å²) in [6, 6.07) is 3.91. The lowest BCUT2D eigenvalue weighted by atomic mass is 9.86. The summed E-state index contributed by atoms with van der Waals surface area (Å²) in [7, 11) is -0.214. The number of hydrogen-bond acceptors (Lipinski definition) is 5. The molecule has 1 aromatic heterocycles.